The third-order valence-electron chi connectivity index (χ3n) is 4.30. The molecule has 1 N–H and O–H groups in total. The summed E-state index contributed by atoms with van der Waals surface area (Å²) in [4.78, 5) is 15.5. The number of nitrogens with one attached hydrogen (secondary N) is 1. The fourth-order valence-electron chi connectivity index (χ4n) is 3.02. The molecule has 0 aromatic carbocycles. The highest BCUT2D eigenvalue weighted by atomic mass is 79.9. The van der Waals surface area contributed by atoms with Gasteiger partial charge in [0.25, 0.3) is 0 Å². The Morgan fingerprint density at radius 1 is 1.21 bits per heavy atom. The lowest BCUT2D eigenvalue weighted by Gasteiger charge is -2.30. The number of nitrogens with zero attached hydrogens (tertiary/aromatic N) is 7. The molecule has 1 fully saturated rings. The Bertz CT molecular complexity index is 819. The van der Waals surface area contributed by atoms with E-state index in [-0.39, 0.29) is 0 Å². The number of rotatable bonds is 3. The van der Waals surface area contributed by atoms with Crippen LogP contribution in [-0.4, -0.2) is 48.0 Å². The van der Waals surface area contributed by atoms with Crippen molar-refractivity contribution in [2.24, 2.45) is 7.05 Å². The van der Waals surface area contributed by atoms with Crippen molar-refractivity contribution in [3.63, 3.8) is 0 Å². The number of piperidine rings is 1. The second-order valence-corrected chi connectivity index (χ2v) is 6.64. The summed E-state index contributed by atoms with van der Waals surface area (Å²) in [5.41, 5.74) is 0.888. The van der Waals surface area contributed by atoms with Gasteiger partial charge in [-0.25, -0.2) is 15.0 Å². The van der Waals surface area contributed by atoms with Crippen LogP contribution in [0.1, 0.15) is 24.6 Å². The summed E-state index contributed by atoms with van der Waals surface area (Å²) in [7, 11) is 1.88. The number of hydrogen-bond donors (Lipinski definition) is 1. The van der Waals surface area contributed by atoms with Crippen molar-refractivity contribution in [1.82, 2.24) is 34.9 Å². The summed E-state index contributed by atoms with van der Waals surface area (Å²) in [5.74, 6) is 2.80. The molecule has 4 heterocycles. The van der Waals surface area contributed by atoms with Gasteiger partial charge in [0, 0.05) is 44.5 Å². The molecule has 1 aliphatic rings. The summed E-state index contributed by atoms with van der Waals surface area (Å²) < 4.78 is 2.55. The van der Waals surface area contributed by atoms with Crippen molar-refractivity contribution < 1.29 is 0 Å². The van der Waals surface area contributed by atoms with E-state index in [1.807, 2.05) is 19.2 Å². The molecule has 0 amide bonds. The summed E-state index contributed by atoms with van der Waals surface area (Å²) in [6.45, 7) is 1.84. The minimum Gasteiger partial charge on any atom is -0.341 e. The van der Waals surface area contributed by atoms with Crippen LogP contribution < -0.4 is 4.90 Å². The van der Waals surface area contributed by atoms with Crippen LogP contribution in [0.2, 0.25) is 0 Å². The molecule has 124 valence electrons. The predicted molar refractivity (Wildman–Crippen MR) is 92.5 cm³/mol. The molecule has 4 rings (SSSR count). The van der Waals surface area contributed by atoms with Gasteiger partial charge in [0.2, 0.25) is 5.95 Å². The van der Waals surface area contributed by atoms with Gasteiger partial charge < -0.3 is 4.90 Å². The minimum atomic E-state index is 0.378. The van der Waals surface area contributed by atoms with Gasteiger partial charge >= 0.3 is 0 Å². The summed E-state index contributed by atoms with van der Waals surface area (Å²) >= 11 is 3.38. The summed E-state index contributed by atoms with van der Waals surface area (Å²) in [6, 6.07) is 3.76. The molecule has 24 heavy (non-hydrogen) atoms. The van der Waals surface area contributed by atoms with Crippen LogP contribution in [0.5, 0.6) is 0 Å². The van der Waals surface area contributed by atoms with Gasteiger partial charge in [-0.05, 0) is 34.8 Å². The molecular formula is C15H17BrN8. The Kier molecular flexibility index (Phi) is 4.01. The molecular weight excluding hydrogens is 372 g/mol. The molecule has 0 atom stereocenters. The molecule has 8 nitrogen and oxygen atoms in total. The Morgan fingerprint density at radius 2 is 1.96 bits per heavy atom. The predicted octanol–water partition coefficient (Wildman–Crippen LogP) is 2.14. The third-order valence-corrected chi connectivity index (χ3v) is 4.69. The van der Waals surface area contributed by atoms with Gasteiger partial charge in [-0.15, -0.1) is 0 Å². The van der Waals surface area contributed by atoms with Gasteiger partial charge in [-0.2, -0.15) is 10.2 Å². The lowest BCUT2D eigenvalue weighted by Crippen LogP contribution is -2.34. The Balaban J connectivity index is 1.46. The number of H-pyrrole nitrogens is 1. The fourth-order valence-corrected chi connectivity index (χ4v) is 3.48. The minimum absolute atomic E-state index is 0.378. The Morgan fingerprint density at radius 3 is 2.62 bits per heavy atom. The Hall–Kier alpha value is -2.29. The second kappa shape index (κ2) is 6.31. The molecule has 0 spiro atoms. The first kappa shape index (κ1) is 15.3. The first-order valence-corrected chi connectivity index (χ1v) is 8.64. The normalized spacial score (nSPS) is 15.8. The van der Waals surface area contributed by atoms with Crippen LogP contribution >= 0.6 is 15.9 Å². The maximum atomic E-state index is 4.68. The SMILES string of the molecule is Cn1nc(Br)cc1-c1n[nH]c(C2CCN(c3ncccn3)CC2)n1. The van der Waals surface area contributed by atoms with E-state index in [1.165, 1.54) is 0 Å². The lowest BCUT2D eigenvalue weighted by molar-refractivity contribution is 0.482. The lowest BCUT2D eigenvalue weighted by atomic mass is 9.96. The fraction of sp³-hybridized carbons (Fsp3) is 0.400. The molecule has 3 aromatic rings. The molecule has 0 aliphatic carbocycles. The largest absolute Gasteiger partial charge is 0.341 e. The zero-order valence-electron chi connectivity index (χ0n) is 13.2. The summed E-state index contributed by atoms with van der Waals surface area (Å²) in [6.07, 6.45) is 5.57. The maximum absolute atomic E-state index is 4.68. The molecule has 9 heteroatoms. The van der Waals surface area contributed by atoms with Crippen molar-refractivity contribution in [3.8, 4) is 11.5 Å². The van der Waals surface area contributed by atoms with Gasteiger partial charge in [0.1, 0.15) is 16.1 Å². The third kappa shape index (κ3) is 2.91. The van der Waals surface area contributed by atoms with E-state index in [0.29, 0.717) is 11.7 Å². The molecule has 1 saturated heterocycles. The molecule has 0 radical (unpaired) electrons. The van der Waals surface area contributed by atoms with Crippen LogP contribution in [0.15, 0.2) is 29.1 Å². The first-order chi connectivity index (χ1) is 11.7. The monoisotopic (exact) mass is 388 g/mol. The quantitative estimate of drug-likeness (QED) is 0.739. The van der Waals surface area contributed by atoms with Gasteiger partial charge in [-0.3, -0.25) is 9.78 Å². The van der Waals surface area contributed by atoms with Crippen LogP contribution in [0.25, 0.3) is 11.5 Å². The van der Waals surface area contributed by atoms with Crippen molar-refractivity contribution >= 4 is 21.9 Å². The topological polar surface area (TPSA) is 88.4 Å². The molecule has 3 aromatic heterocycles. The smallest absolute Gasteiger partial charge is 0.225 e. The number of anilines is 1. The molecule has 0 bridgehead atoms. The highest BCUT2D eigenvalue weighted by molar-refractivity contribution is 9.10. The number of hydrogen-bond acceptors (Lipinski definition) is 6. The summed E-state index contributed by atoms with van der Waals surface area (Å²) in [5, 5.41) is 11.7. The van der Waals surface area contributed by atoms with Crippen LogP contribution in [-0.2, 0) is 7.05 Å². The average Bonchev–Trinajstić information content (AvgIpc) is 3.22. The number of aryl methyl sites for hydroxylation is 1. The van der Waals surface area contributed by atoms with Crippen LogP contribution in [0, 0.1) is 0 Å². The number of halogens is 1. The van der Waals surface area contributed by atoms with E-state index in [0.717, 1.165) is 48.0 Å². The zero-order valence-corrected chi connectivity index (χ0v) is 14.8. The van der Waals surface area contributed by atoms with E-state index in [9.17, 15) is 0 Å². The highest BCUT2D eigenvalue weighted by Crippen LogP contribution is 2.28. The first-order valence-electron chi connectivity index (χ1n) is 7.85. The maximum Gasteiger partial charge on any atom is 0.225 e. The van der Waals surface area contributed by atoms with Crippen molar-refractivity contribution in [1.29, 1.82) is 0 Å². The van der Waals surface area contributed by atoms with Gasteiger partial charge in [0.15, 0.2) is 5.82 Å². The standard InChI is InChI=1S/C15H17BrN8/c1-23-11(9-12(16)22-23)14-19-13(20-21-14)10-3-7-24(8-4-10)15-17-5-2-6-18-15/h2,5-6,9-10H,3-4,7-8H2,1H3,(H,19,20,21). The van der Waals surface area contributed by atoms with Gasteiger partial charge in [0.05, 0.1) is 0 Å². The van der Waals surface area contributed by atoms with E-state index < -0.39 is 0 Å². The highest BCUT2D eigenvalue weighted by Gasteiger charge is 2.25. The van der Waals surface area contributed by atoms with E-state index in [2.05, 4.69) is 51.1 Å². The Labute approximate surface area is 147 Å². The molecule has 0 saturated carbocycles. The van der Waals surface area contributed by atoms with Crippen LogP contribution in [0.3, 0.4) is 0 Å². The van der Waals surface area contributed by atoms with E-state index >= 15 is 0 Å². The van der Waals surface area contributed by atoms with Crippen molar-refractivity contribution in [2.75, 3.05) is 18.0 Å². The van der Waals surface area contributed by atoms with Crippen LogP contribution in [0.4, 0.5) is 5.95 Å². The zero-order chi connectivity index (χ0) is 16.5. The number of aromatic nitrogens is 7. The van der Waals surface area contributed by atoms with Gasteiger partial charge in [-0.1, -0.05) is 0 Å². The van der Waals surface area contributed by atoms with E-state index in [1.54, 1.807) is 17.1 Å². The van der Waals surface area contributed by atoms with Crippen molar-refractivity contribution in [2.45, 2.75) is 18.8 Å². The molecule has 0 unspecified atom stereocenters. The second-order valence-electron chi connectivity index (χ2n) is 5.83. The average molecular weight is 389 g/mol. The van der Waals surface area contributed by atoms with E-state index in [4.69, 9.17) is 0 Å². The molecule has 1 aliphatic heterocycles. The van der Waals surface area contributed by atoms with Crippen molar-refractivity contribution in [3.05, 3.63) is 35.0 Å². The number of aromatic amines is 1.